The SMILES string of the molecule is CC(C)C[C@H]1CN(C(=O)/C=C/c2ccccc2F)[C@@H](CC(C)C)C(=O)N1.S.S. The fraction of sp³-hybridized carbons (Fsp3) is 0.524. The van der Waals surface area contributed by atoms with E-state index in [4.69, 9.17) is 0 Å². The van der Waals surface area contributed by atoms with Crippen LogP contribution in [-0.4, -0.2) is 35.3 Å². The smallest absolute Gasteiger partial charge is 0.247 e. The van der Waals surface area contributed by atoms with Crippen LogP contribution in [0.2, 0.25) is 0 Å². The molecule has 1 heterocycles. The molecule has 158 valence electrons. The van der Waals surface area contributed by atoms with Crippen molar-refractivity contribution in [2.75, 3.05) is 6.54 Å². The van der Waals surface area contributed by atoms with Gasteiger partial charge in [0.2, 0.25) is 11.8 Å². The zero-order chi connectivity index (χ0) is 19.3. The van der Waals surface area contributed by atoms with Crippen LogP contribution in [-0.2, 0) is 9.59 Å². The predicted octanol–water partition coefficient (Wildman–Crippen LogP) is 3.85. The van der Waals surface area contributed by atoms with Crippen molar-refractivity contribution in [3.8, 4) is 0 Å². The Morgan fingerprint density at radius 3 is 2.36 bits per heavy atom. The molecule has 1 saturated heterocycles. The number of hydrogen-bond acceptors (Lipinski definition) is 2. The summed E-state index contributed by atoms with van der Waals surface area (Å²) < 4.78 is 13.8. The van der Waals surface area contributed by atoms with Crippen LogP contribution in [0.4, 0.5) is 4.39 Å². The molecule has 7 heteroatoms. The third-order valence-electron chi connectivity index (χ3n) is 4.49. The highest BCUT2D eigenvalue weighted by Crippen LogP contribution is 2.20. The maximum absolute atomic E-state index is 13.8. The standard InChI is InChI=1S/C21H29FN2O2.2H2S/c1-14(2)11-17-13-24(19(12-15(3)4)21(26)23-17)20(25)10-9-16-7-5-6-8-18(16)22;;/h5-10,14-15,17,19H,11-13H2,1-4H3,(H,23,26);2*1H2/b10-9+;;/t17-,19-;;/m0../s1. The second kappa shape index (κ2) is 12.2. The van der Waals surface area contributed by atoms with Crippen LogP contribution in [0.1, 0.15) is 46.1 Å². The first-order chi connectivity index (χ1) is 12.3. The lowest BCUT2D eigenvalue weighted by Crippen LogP contribution is -2.61. The molecule has 0 aromatic heterocycles. The van der Waals surface area contributed by atoms with Crippen LogP contribution >= 0.6 is 27.0 Å². The van der Waals surface area contributed by atoms with Gasteiger partial charge in [0.05, 0.1) is 0 Å². The van der Waals surface area contributed by atoms with Crippen LogP contribution in [0, 0.1) is 17.7 Å². The number of rotatable bonds is 6. The molecule has 28 heavy (non-hydrogen) atoms. The van der Waals surface area contributed by atoms with E-state index in [0.717, 1.165) is 6.42 Å². The molecule has 0 spiro atoms. The van der Waals surface area contributed by atoms with Crippen molar-refractivity contribution < 1.29 is 14.0 Å². The number of carbonyl (C=O) groups is 2. The molecule has 1 aliphatic rings. The zero-order valence-corrected chi connectivity index (χ0v) is 19.0. The molecule has 1 aliphatic heterocycles. The highest BCUT2D eigenvalue weighted by Gasteiger charge is 2.36. The summed E-state index contributed by atoms with van der Waals surface area (Å²) in [5.41, 5.74) is 0.362. The van der Waals surface area contributed by atoms with Gasteiger partial charge >= 0.3 is 0 Å². The molecule has 4 nitrogen and oxygen atoms in total. The minimum Gasteiger partial charge on any atom is -0.350 e. The van der Waals surface area contributed by atoms with Gasteiger partial charge < -0.3 is 10.2 Å². The fourth-order valence-corrected chi connectivity index (χ4v) is 3.34. The van der Waals surface area contributed by atoms with E-state index in [1.54, 1.807) is 23.1 Å². The van der Waals surface area contributed by atoms with Gasteiger partial charge in [-0.05, 0) is 36.8 Å². The van der Waals surface area contributed by atoms with E-state index in [1.807, 2.05) is 13.8 Å². The Kier molecular flexibility index (Phi) is 11.5. The molecular weight excluding hydrogens is 395 g/mol. The number of amides is 2. The predicted molar refractivity (Wildman–Crippen MR) is 123 cm³/mol. The van der Waals surface area contributed by atoms with E-state index in [-0.39, 0.29) is 50.7 Å². The maximum Gasteiger partial charge on any atom is 0.247 e. The molecule has 2 atom stereocenters. The summed E-state index contributed by atoms with van der Waals surface area (Å²) in [5.74, 6) is 0.00112. The summed E-state index contributed by atoms with van der Waals surface area (Å²) in [4.78, 5) is 27.0. The quantitative estimate of drug-likeness (QED) is 0.700. The van der Waals surface area contributed by atoms with Gasteiger partial charge in [-0.2, -0.15) is 27.0 Å². The molecule has 0 aliphatic carbocycles. The summed E-state index contributed by atoms with van der Waals surface area (Å²) in [7, 11) is 0. The molecule has 1 fully saturated rings. The Labute approximate surface area is 181 Å². The van der Waals surface area contributed by atoms with Crippen LogP contribution in [0.3, 0.4) is 0 Å². The van der Waals surface area contributed by atoms with Gasteiger partial charge in [0.25, 0.3) is 0 Å². The average molecular weight is 429 g/mol. The molecular formula is C21H33FN2O2S2. The van der Waals surface area contributed by atoms with Crippen molar-refractivity contribution in [3.63, 3.8) is 0 Å². The lowest BCUT2D eigenvalue weighted by atomic mass is 9.95. The van der Waals surface area contributed by atoms with Crippen LogP contribution in [0.5, 0.6) is 0 Å². The van der Waals surface area contributed by atoms with E-state index in [1.165, 1.54) is 18.2 Å². The third kappa shape index (κ3) is 7.51. The first kappa shape index (κ1) is 26.5. The monoisotopic (exact) mass is 428 g/mol. The Morgan fingerprint density at radius 1 is 1.18 bits per heavy atom. The summed E-state index contributed by atoms with van der Waals surface area (Å²) in [6, 6.07) is 5.79. The summed E-state index contributed by atoms with van der Waals surface area (Å²) >= 11 is 0. The minimum absolute atomic E-state index is 0. The Balaban J connectivity index is 0.00000364. The number of benzene rings is 1. The summed E-state index contributed by atoms with van der Waals surface area (Å²) in [6.07, 6.45) is 4.28. The van der Waals surface area contributed by atoms with Crippen LogP contribution in [0.15, 0.2) is 30.3 Å². The van der Waals surface area contributed by atoms with E-state index >= 15 is 0 Å². The zero-order valence-electron chi connectivity index (χ0n) is 17.0. The number of nitrogens with zero attached hydrogens (tertiary/aromatic N) is 1. The number of nitrogens with one attached hydrogen (secondary N) is 1. The van der Waals surface area contributed by atoms with E-state index < -0.39 is 6.04 Å². The lowest BCUT2D eigenvalue weighted by Gasteiger charge is -2.40. The lowest BCUT2D eigenvalue weighted by molar-refractivity contribution is -0.142. The van der Waals surface area contributed by atoms with E-state index in [0.29, 0.717) is 30.4 Å². The second-order valence-corrected chi connectivity index (χ2v) is 7.83. The Morgan fingerprint density at radius 2 is 1.79 bits per heavy atom. The van der Waals surface area contributed by atoms with Crippen LogP contribution < -0.4 is 5.32 Å². The number of halogens is 1. The molecule has 0 radical (unpaired) electrons. The number of carbonyl (C=O) groups excluding carboxylic acids is 2. The second-order valence-electron chi connectivity index (χ2n) is 7.83. The largest absolute Gasteiger partial charge is 0.350 e. The maximum atomic E-state index is 13.8. The van der Waals surface area contributed by atoms with Gasteiger partial charge in [0.15, 0.2) is 0 Å². The highest BCUT2D eigenvalue weighted by molar-refractivity contribution is 7.59. The van der Waals surface area contributed by atoms with Crippen molar-refractivity contribution in [3.05, 3.63) is 41.7 Å². The molecule has 0 unspecified atom stereocenters. The van der Waals surface area contributed by atoms with Crippen molar-refractivity contribution in [1.29, 1.82) is 0 Å². The van der Waals surface area contributed by atoms with Crippen molar-refractivity contribution in [2.24, 2.45) is 11.8 Å². The number of piperazine rings is 1. The Bertz CT molecular complexity index is 680. The van der Waals surface area contributed by atoms with Gasteiger partial charge in [-0.15, -0.1) is 0 Å². The van der Waals surface area contributed by atoms with Crippen molar-refractivity contribution in [2.45, 2.75) is 52.6 Å². The van der Waals surface area contributed by atoms with E-state index in [2.05, 4.69) is 19.2 Å². The molecule has 2 amide bonds. The average Bonchev–Trinajstić information content (AvgIpc) is 2.55. The van der Waals surface area contributed by atoms with Gasteiger partial charge in [-0.25, -0.2) is 4.39 Å². The molecule has 1 N–H and O–H groups in total. The molecule has 1 aromatic rings. The highest BCUT2D eigenvalue weighted by atomic mass is 32.1. The molecule has 1 aromatic carbocycles. The topological polar surface area (TPSA) is 49.4 Å². The van der Waals surface area contributed by atoms with Gasteiger partial charge in [0, 0.05) is 24.2 Å². The van der Waals surface area contributed by atoms with Crippen molar-refractivity contribution >= 4 is 44.9 Å². The van der Waals surface area contributed by atoms with Gasteiger partial charge in [-0.3, -0.25) is 9.59 Å². The van der Waals surface area contributed by atoms with E-state index in [9.17, 15) is 14.0 Å². The summed E-state index contributed by atoms with van der Waals surface area (Å²) in [5, 5.41) is 3.05. The summed E-state index contributed by atoms with van der Waals surface area (Å²) in [6.45, 7) is 8.74. The molecule has 0 bridgehead atoms. The fourth-order valence-electron chi connectivity index (χ4n) is 3.34. The number of hydrogen-bond donors (Lipinski definition) is 1. The van der Waals surface area contributed by atoms with Crippen molar-refractivity contribution in [1.82, 2.24) is 10.2 Å². The Hall–Kier alpha value is -1.47. The first-order valence-electron chi connectivity index (χ1n) is 9.31. The minimum atomic E-state index is -0.476. The first-order valence-corrected chi connectivity index (χ1v) is 9.31. The molecule has 2 rings (SSSR count). The molecule has 0 saturated carbocycles. The third-order valence-corrected chi connectivity index (χ3v) is 4.49. The van der Waals surface area contributed by atoms with Gasteiger partial charge in [0.1, 0.15) is 11.9 Å². The van der Waals surface area contributed by atoms with Gasteiger partial charge in [-0.1, -0.05) is 45.9 Å². The normalized spacial score (nSPS) is 19.4. The van der Waals surface area contributed by atoms with Crippen LogP contribution in [0.25, 0.3) is 6.08 Å².